The fourth-order valence-corrected chi connectivity index (χ4v) is 4.59. The summed E-state index contributed by atoms with van der Waals surface area (Å²) in [5.41, 5.74) is 5.05. The highest BCUT2D eigenvalue weighted by Crippen LogP contribution is 2.28. The van der Waals surface area contributed by atoms with Gasteiger partial charge in [0.15, 0.2) is 0 Å². The summed E-state index contributed by atoms with van der Waals surface area (Å²) in [7, 11) is 0. The van der Waals surface area contributed by atoms with Crippen LogP contribution in [0.1, 0.15) is 59.7 Å². The van der Waals surface area contributed by atoms with Crippen LogP contribution in [0.3, 0.4) is 0 Å². The Morgan fingerprint density at radius 3 is 2.67 bits per heavy atom. The number of carbonyl (C=O) groups is 2. The molecule has 1 saturated heterocycles. The second-order valence-electron chi connectivity index (χ2n) is 8.53. The molecule has 0 saturated carbocycles. The van der Waals surface area contributed by atoms with Gasteiger partial charge in [0, 0.05) is 36.9 Å². The van der Waals surface area contributed by atoms with Gasteiger partial charge < -0.3 is 15.1 Å². The minimum atomic E-state index is 0.000673. The van der Waals surface area contributed by atoms with Crippen molar-refractivity contribution in [1.29, 1.82) is 0 Å². The van der Waals surface area contributed by atoms with E-state index < -0.39 is 0 Å². The number of rotatable bonds is 3. The maximum absolute atomic E-state index is 13.3. The quantitative estimate of drug-likeness (QED) is 0.807. The topological polar surface area (TPSA) is 52.7 Å². The van der Waals surface area contributed by atoms with Crippen LogP contribution in [0, 0.1) is 6.92 Å². The van der Waals surface area contributed by atoms with Gasteiger partial charge in [-0.3, -0.25) is 4.79 Å². The monoisotopic (exact) mass is 405 g/mol. The number of nitrogens with zero attached hydrogens (tertiary/aromatic N) is 2. The Labute approximate surface area is 179 Å². The van der Waals surface area contributed by atoms with Gasteiger partial charge in [-0.2, -0.15) is 0 Å². The highest BCUT2D eigenvalue weighted by Gasteiger charge is 2.25. The molecule has 2 aromatic rings. The highest BCUT2D eigenvalue weighted by molar-refractivity contribution is 6.06. The first kappa shape index (κ1) is 20.5. The van der Waals surface area contributed by atoms with Crippen LogP contribution >= 0.6 is 0 Å². The van der Waals surface area contributed by atoms with Crippen molar-refractivity contribution in [2.45, 2.75) is 58.5 Å². The van der Waals surface area contributed by atoms with Gasteiger partial charge in [0.1, 0.15) is 0 Å². The third kappa shape index (κ3) is 4.20. The molecule has 1 N–H and O–H groups in total. The average Bonchev–Trinajstić information content (AvgIpc) is 3.06. The van der Waals surface area contributed by atoms with Crippen LogP contribution in [0.25, 0.3) is 0 Å². The molecule has 0 spiro atoms. The van der Waals surface area contributed by atoms with Gasteiger partial charge >= 0.3 is 6.03 Å². The van der Waals surface area contributed by atoms with Crippen LogP contribution in [0.5, 0.6) is 0 Å². The van der Waals surface area contributed by atoms with Crippen LogP contribution in [-0.4, -0.2) is 36.0 Å². The number of nitrogens with one attached hydrogen (secondary N) is 1. The van der Waals surface area contributed by atoms with Crippen molar-refractivity contribution < 1.29 is 9.59 Å². The first-order valence-corrected chi connectivity index (χ1v) is 11.1. The Hall–Kier alpha value is -2.82. The third-order valence-electron chi connectivity index (χ3n) is 6.44. The molecule has 158 valence electrons. The number of para-hydroxylation sites is 1. The number of fused-ring (bicyclic) bond motifs is 1. The molecule has 5 nitrogen and oxygen atoms in total. The normalized spacial score (nSPS) is 18.7. The number of urea groups is 1. The van der Waals surface area contributed by atoms with Crippen LogP contribution < -0.4 is 10.2 Å². The third-order valence-corrected chi connectivity index (χ3v) is 6.44. The van der Waals surface area contributed by atoms with E-state index in [2.05, 4.69) is 24.4 Å². The minimum absolute atomic E-state index is 0.000673. The lowest BCUT2D eigenvalue weighted by Gasteiger charge is -2.24. The van der Waals surface area contributed by atoms with E-state index >= 15 is 0 Å². The van der Waals surface area contributed by atoms with E-state index in [0.29, 0.717) is 18.2 Å². The van der Waals surface area contributed by atoms with Crippen LogP contribution in [0.2, 0.25) is 0 Å². The van der Waals surface area contributed by atoms with Crippen LogP contribution in [0.15, 0.2) is 42.5 Å². The Morgan fingerprint density at radius 2 is 1.90 bits per heavy atom. The average molecular weight is 406 g/mol. The fourth-order valence-electron chi connectivity index (χ4n) is 4.59. The van der Waals surface area contributed by atoms with Crippen molar-refractivity contribution in [2.75, 3.05) is 18.0 Å². The van der Waals surface area contributed by atoms with E-state index in [-0.39, 0.29) is 11.9 Å². The summed E-state index contributed by atoms with van der Waals surface area (Å²) < 4.78 is 0. The molecule has 2 aromatic carbocycles. The molecule has 0 bridgehead atoms. The van der Waals surface area contributed by atoms with Crippen molar-refractivity contribution in [3.63, 3.8) is 0 Å². The maximum atomic E-state index is 13.3. The standard InChI is InChI=1S/C25H31N3O2/c1-18-16-21(12-13-22(18)17-26-25(30)27-15-7-8-19(27)2)24(29)28-14-6-5-10-20-9-3-4-11-23(20)28/h3-4,9,11-13,16,19H,5-8,10,14-15,17H2,1-2H3,(H,26,30)/t19-/m1/s1. The predicted molar refractivity (Wildman–Crippen MR) is 120 cm³/mol. The summed E-state index contributed by atoms with van der Waals surface area (Å²) >= 11 is 0. The summed E-state index contributed by atoms with van der Waals surface area (Å²) in [4.78, 5) is 29.6. The number of amides is 3. The van der Waals surface area contributed by atoms with Gasteiger partial charge in [0.2, 0.25) is 0 Å². The number of hydrogen-bond donors (Lipinski definition) is 1. The number of benzene rings is 2. The summed E-state index contributed by atoms with van der Waals surface area (Å²) in [5, 5.41) is 3.04. The molecule has 1 atom stereocenters. The molecule has 2 aliphatic rings. The number of aryl methyl sites for hydroxylation is 2. The van der Waals surface area contributed by atoms with E-state index in [1.807, 2.05) is 47.1 Å². The lowest BCUT2D eigenvalue weighted by Crippen LogP contribution is -2.41. The Kier molecular flexibility index (Phi) is 6.07. The van der Waals surface area contributed by atoms with E-state index in [0.717, 1.165) is 62.0 Å². The summed E-state index contributed by atoms with van der Waals surface area (Å²) in [6.07, 6.45) is 5.28. The zero-order chi connectivity index (χ0) is 21.1. The van der Waals surface area contributed by atoms with E-state index in [9.17, 15) is 9.59 Å². The minimum Gasteiger partial charge on any atom is -0.334 e. The van der Waals surface area contributed by atoms with Crippen molar-refractivity contribution >= 4 is 17.6 Å². The molecule has 3 amide bonds. The molecule has 0 radical (unpaired) electrons. The van der Waals surface area contributed by atoms with Crippen molar-refractivity contribution in [2.24, 2.45) is 0 Å². The van der Waals surface area contributed by atoms with Gasteiger partial charge in [-0.25, -0.2) is 4.79 Å². The SMILES string of the molecule is Cc1cc(C(=O)N2CCCCc3ccccc32)ccc1CNC(=O)N1CCC[C@H]1C. The number of hydrogen-bond acceptors (Lipinski definition) is 2. The largest absolute Gasteiger partial charge is 0.334 e. The highest BCUT2D eigenvalue weighted by atomic mass is 16.2. The first-order chi connectivity index (χ1) is 14.5. The van der Waals surface area contributed by atoms with Gasteiger partial charge in [-0.15, -0.1) is 0 Å². The molecule has 2 aliphatic heterocycles. The molecule has 0 unspecified atom stereocenters. The summed E-state index contributed by atoms with van der Waals surface area (Å²) in [6, 6.07) is 14.3. The fraction of sp³-hybridized carbons (Fsp3) is 0.440. The molecule has 30 heavy (non-hydrogen) atoms. The van der Waals surface area contributed by atoms with Crippen molar-refractivity contribution in [1.82, 2.24) is 10.2 Å². The molecular formula is C25H31N3O2. The molecule has 4 rings (SSSR count). The smallest absolute Gasteiger partial charge is 0.317 e. The lowest BCUT2D eigenvalue weighted by molar-refractivity contribution is 0.0986. The van der Waals surface area contributed by atoms with Crippen LogP contribution in [-0.2, 0) is 13.0 Å². The van der Waals surface area contributed by atoms with Crippen molar-refractivity contribution in [3.05, 3.63) is 64.7 Å². The molecule has 5 heteroatoms. The Morgan fingerprint density at radius 1 is 1.07 bits per heavy atom. The molecule has 1 fully saturated rings. The number of carbonyl (C=O) groups excluding carboxylic acids is 2. The van der Waals surface area contributed by atoms with Gasteiger partial charge in [-0.1, -0.05) is 24.3 Å². The molecule has 0 aliphatic carbocycles. The second-order valence-corrected chi connectivity index (χ2v) is 8.53. The van der Waals surface area contributed by atoms with Gasteiger partial charge in [0.05, 0.1) is 0 Å². The van der Waals surface area contributed by atoms with E-state index in [1.54, 1.807) is 0 Å². The zero-order valence-corrected chi connectivity index (χ0v) is 18.0. The lowest BCUT2D eigenvalue weighted by atomic mass is 10.0. The zero-order valence-electron chi connectivity index (χ0n) is 18.0. The maximum Gasteiger partial charge on any atom is 0.317 e. The van der Waals surface area contributed by atoms with Crippen LogP contribution in [0.4, 0.5) is 10.5 Å². The van der Waals surface area contributed by atoms with Crippen molar-refractivity contribution in [3.8, 4) is 0 Å². The van der Waals surface area contributed by atoms with Gasteiger partial charge in [-0.05, 0) is 80.8 Å². The summed E-state index contributed by atoms with van der Waals surface area (Å²) in [5.74, 6) is 0.0499. The Balaban J connectivity index is 1.46. The van der Waals surface area contributed by atoms with E-state index in [1.165, 1.54) is 5.56 Å². The first-order valence-electron chi connectivity index (χ1n) is 11.1. The van der Waals surface area contributed by atoms with Gasteiger partial charge in [0.25, 0.3) is 5.91 Å². The molecule has 2 heterocycles. The number of likely N-dealkylation sites (tertiary alicyclic amines) is 1. The molecule has 0 aromatic heterocycles. The summed E-state index contributed by atoms with van der Waals surface area (Å²) in [6.45, 7) is 6.17. The van der Waals surface area contributed by atoms with E-state index in [4.69, 9.17) is 0 Å². The second kappa shape index (κ2) is 8.90. The molecular weight excluding hydrogens is 374 g/mol. The predicted octanol–water partition coefficient (Wildman–Crippen LogP) is 4.67. The Bertz CT molecular complexity index is 940. The number of anilines is 1.